The number of unbranched alkanes of at least 4 members (excludes halogenated alkanes) is 3. The highest BCUT2D eigenvalue weighted by atomic mass is 16.7. The maximum atomic E-state index is 11.6. The number of methoxy groups -OCH3 is 1. The molecule has 0 aromatic carbocycles. The normalized spacial score (nSPS) is 18.5. The van der Waals surface area contributed by atoms with E-state index in [1.807, 2.05) is 6.08 Å². The van der Waals surface area contributed by atoms with Gasteiger partial charge >= 0.3 is 5.97 Å². The van der Waals surface area contributed by atoms with Crippen molar-refractivity contribution >= 4 is 5.97 Å². The molecule has 19 heavy (non-hydrogen) atoms. The molecule has 0 unspecified atom stereocenters. The topological polar surface area (TPSA) is 44.8 Å². The predicted molar refractivity (Wildman–Crippen MR) is 73.8 cm³/mol. The third-order valence-electron chi connectivity index (χ3n) is 3.19. The SMILES string of the molecule is CCCCCC[C@H]1C=C(CCCOCOC)C(=O)O1. The molecule has 1 rings (SSSR count). The van der Waals surface area contributed by atoms with Crippen molar-refractivity contribution in [2.45, 2.75) is 58.0 Å². The minimum Gasteiger partial charge on any atom is -0.455 e. The molecule has 0 aromatic rings. The first-order valence-electron chi connectivity index (χ1n) is 7.26. The molecule has 0 radical (unpaired) electrons. The van der Waals surface area contributed by atoms with E-state index in [0.29, 0.717) is 13.4 Å². The standard InChI is InChI=1S/C15H26O4/c1-3-4-5-6-9-14-11-13(15(16)19-14)8-7-10-18-12-17-2/h11,14H,3-10,12H2,1-2H3/t14-/m0/s1. The van der Waals surface area contributed by atoms with Crippen molar-refractivity contribution in [1.29, 1.82) is 0 Å². The van der Waals surface area contributed by atoms with Crippen LogP contribution in [0.25, 0.3) is 0 Å². The van der Waals surface area contributed by atoms with Gasteiger partial charge in [-0.05, 0) is 31.8 Å². The van der Waals surface area contributed by atoms with E-state index in [-0.39, 0.29) is 12.1 Å². The molecular weight excluding hydrogens is 244 g/mol. The zero-order valence-corrected chi connectivity index (χ0v) is 12.2. The van der Waals surface area contributed by atoms with Crippen molar-refractivity contribution < 1.29 is 19.0 Å². The lowest BCUT2D eigenvalue weighted by Gasteiger charge is -2.06. The number of rotatable bonds is 11. The van der Waals surface area contributed by atoms with Crippen molar-refractivity contribution in [2.24, 2.45) is 0 Å². The Hall–Kier alpha value is -0.870. The van der Waals surface area contributed by atoms with Crippen molar-refractivity contribution in [2.75, 3.05) is 20.5 Å². The summed E-state index contributed by atoms with van der Waals surface area (Å²) in [6, 6.07) is 0. The van der Waals surface area contributed by atoms with Gasteiger partial charge in [0.25, 0.3) is 0 Å². The molecule has 1 atom stereocenters. The number of ether oxygens (including phenoxy) is 3. The Labute approximate surface area is 116 Å². The molecule has 0 fully saturated rings. The number of hydrogen-bond donors (Lipinski definition) is 0. The van der Waals surface area contributed by atoms with Crippen molar-refractivity contribution in [3.05, 3.63) is 11.6 Å². The number of hydrogen-bond acceptors (Lipinski definition) is 4. The summed E-state index contributed by atoms with van der Waals surface area (Å²) in [6.45, 7) is 3.11. The van der Waals surface area contributed by atoms with E-state index in [1.54, 1.807) is 7.11 Å². The van der Waals surface area contributed by atoms with Gasteiger partial charge in [-0.25, -0.2) is 4.79 Å². The second-order valence-corrected chi connectivity index (χ2v) is 4.90. The highest BCUT2D eigenvalue weighted by molar-refractivity contribution is 5.90. The predicted octanol–water partition coefficient (Wildman–Crippen LogP) is 3.21. The Bertz CT molecular complexity index is 286. The Morgan fingerprint density at radius 1 is 1.26 bits per heavy atom. The first-order chi connectivity index (χ1) is 9.27. The fourth-order valence-corrected chi connectivity index (χ4v) is 2.15. The molecule has 0 aromatic heterocycles. The first-order valence-corrected chi connectivity index (χ1v) is 7.26. The van der Waals surface area contributed by atoms with E-state index in [0.717, 1.165) is 31.3 Å². The Morgan fingerprint density at radius 3 is 2.84 bits per heavy atom. The van der Waals surface area contributed by atoms with Gasteiger partial charge in [-0.2, -0.15) is 0 Å². The molecule has 0 N–H and O–H groups in total. The molecule has 110 valence electrons. The van der Waals surface area contributed by atoms with Crippen LogP contribution in [0.2, 0.25) is 0 Å². The van der Waals surface area contributed by atoms with Gasteiger partial charge in [0.05, 0.1) is 0 Å². The highest BCUT2D eigenvalue weighted by Gasteiger charge is 2.24. The summed E-state index contributed by atoms with van der Waals surface area (Å²) in [6.07, 6.45) is 9.34. The van der Waals surface area contributed by atoms with E-state index >= 15 is 0 Å². The lowest BCUT2D eigenvalue weighted by Crippen LogP contribution is -2.08. The van der Waals surface area contributed by atoms with Gasteiger partial charge in [-0.3, -0.25) is 0 Å². The fraction of sp³-hybridized carbons (Fsp3) is 0.800. The molecule has 1 aliphatic heterocycles. The molecule has 0 spiro atoms. The summed E-state index contributed by atoms with van der Waals surface area (Å²) in [5.41, 5.74) is 0.807. The monoisotopic (exact) mass is 270 g/mol. The number of esters is 1. The fourth-order valence-electron chi connectivity index (χ4n) is 2.15. The summed E-state index contributed by atoms with van der Waals surface area (Å²) in [4.78, 5) is 11.6. The van der Waals surface area contributed by atoms with E-state index in [9.17, 15) is 4.79 Å². The van der Waals surface area contributed by atoms with Crippen LogP contribution in [0.5, 0.6) is 0 Å². The largest absolute Gasteiger partial charge is 0.455 e. The summed E-state index contributed by atoms with van der Waals surface area (Å²) >= 11 is 0. The maximum Gasteiger partial charge on any atom is 0.334 e. The molecule has 4 nitrogen and oxygen atoms in total. The van der Waals surface area contributed by atoms with Gasteiger partial charge in [0.15, 0.2) is 0 Å². The van der Waals surface area contributed by atoms with Crippen LogP contribution < -0.4 is 0 Å². The van der Waals surface area contributed by atoms with Crippen LogP contribution in [0.4, 0.5) is 0 Å². The van der Waals surface area contributed by atoms with E-state index in [2.05, 4.69) is 6.92 Å². The lowest BCUT2D eigenvalue weighted by atomic mass is 10.1. The summed E-state index contributed by atoms with van der Waals surface area (Å²) in [5.74, 6) is -0.146. The maximum absolute atomic E-state index is 11.6. The minimum atomic E-state index is -0.146. The van der Waals surface area contributed by atoms with Crippen LogP contribution in [0.15, 0.2) is 11.6 Å². The van der Waals surface area contributed by atoms with Crippen LogP contribution in [0, 0.1) is 0 Å². The van der Waals surface area contributed by atoms with Crippen LogP contribution >= 0.6 is 0 Å². The molecule has 0 saturated carbocycles. The minimum absolute atomic E-state index is 0.000695. The smallest absolute Gasteiger partial charge is 0.334 e. The van der Waals surface area contributed by atoms with Crippen LogP contribution in [-0.2, 0) is 19.0 Å². The Kier molecular flexibility index (Phi) is 8.50. The van der Waals surface area contributed by atoms with E-state index < -0.39 is 0 Å². The molecule has 1 heterocycles. The molecule has 1 aliphatic rings. The van der Waals surface area contributed by atoms with Crippen molar-refractivity contribution in [3.63, 3.8) is 0 Å². The average molecular weight is 270 g/mol. The molecular formula is C15H26O4. The molecule has 0 bridgehead atoms. The van der Waals surface area contributed by atoms with Crippen LogP contribution in [0.3, 0.4) is 0 Å². The Balaban J connectivity index is 2.16. The van der Waals surface area contributed by atoms with Gasteiger partial charge in [0.2, 0.25) is 0 Å². The second kappa shape index (κ2) is 9.98. The first kappa shape index (κ1) is 16.2. The van der Waals surface area contributed by atoms with Crippen molar-refractivity contribution in [3.8, 4) is 0 Å². The van der Waals surface area contributed by atoms with Gasteiger partial charge in [0, 0.05) is 19.3 Å². The summed E-state index contributed by atoms with van der Waals surface area (Å²) in [5, 5.41) is 0. The molecule has 0 aliphatic carbocycles. The summed E-state index contributed by atoms with van der Waals surface area (Å²) < 4.78 is 15.3. The molecule has 0 amide bonds. The zero-order valence-electron chi connectivity index (χ0n) is 12.2. The molecule has 4 heteroatoms. The third kappa shape index (κ3) is 6.73. The lowest BCUT2D eigenvalue weighted by molar-refractivity contribution is -0.140. The van der Waals surface area contributed by atoms with Gasteiger partial charge in [-0.1, -0.05) is 26.2 Å². The number of carbonyl (C=O) groups excluding carboxylic acids is 1. The average Bonchev–Trinajstić information content (AvgIpc) is 2.75. The quantitative estimate of drug-likeness (QED) is 0.328. The number of cyclic esters (lactones) is 1. The second-order valence-electron chi connectivity index (χ2n) is 4.90. The summed E-state index contributed by atoms with van der Waals surface area (Å²) in [7, 11) is 1.60. The third-order valence-corrected chi connectivity index (χ3v) is 3.19. The van der Waals surface area contributed by atoms with E-state index in [1.165, 1.54) is 19.3 Å². The zero-order chi connectivity index (χ0) is 13.9. The van der Waals surface area contributed by atoms with Gasteiger partial charge in [-0.15, -0.1) is 0 Å². The van der Waals surface area contributed by atoms with E-state index in [4.69, 9.17) is 14.2 Å². The van der Waals surface area contributed by atoms with Gasteiger partial charge < -0.3 is 14.2 Å². The Morgan fingerprint density at radius 2 is 2.11 bits per heavy atom. The van der Waals surface area contributed by atoms with Crippen molar-refractivity contribution in [1.82, 2.24) is 0 Å². The number of carbonyl (C=O) groups is 1. The molecule has 0 saturated heterocycles. The van der Waals surface area contributed by atoms with Gasteiger partial charge in [0.1, 0.15) is 12.9 Å². The van der Waals surface area contributed by atoms with Crippen LogP contribution in [0.1, 0.15) is 51.9 Å². The van der Waals surface area contributed by atoms with Crippen LogP contribution in [-0.4, -0.2) is 32.6 Å². The highest BCUT2D eigenvalue weighted by Crippen LogP contribution is 2.22.